The molecule has 2 aromatic carbocycles. The van der Waals surface area contributed by atoms with Crippen LogP contribution in [0.4, 0.5) is 0 Å². The van der Waals surface area contributed by atoms with Gasteiger partial charge in [-0.1, -0.05) is 37.3 Å². The van der Waals surface area contributed by atoms with Crippen LogP contribution in [0, 0.1) is 5.92 Å². The van der Waals surface area contributed by atoms with Crippen LogP contribution in [0.25, 0.3) is 0 Å². The Balaban J connectivity index is 0.00000261. The van der Waals surface area contributed by atoms with Gasteiger partial charge in [0.2, 0.25) is 0 Å². The molecule has 1 fully saturated rings. The van der Waals surface area contributed by atoms with Gasteiger partial charge in [0, 0.05) is 11.6 Å². The Hall–Kier alpha value is -1.89. The highest BCUT2D eigenvalue weighted by Crippen LogP contribution is 2.18. The molecule has 2 aromatic rings. The molecule has 0 saturated carbocycles. The Kier molecular flexibility index (Phi) is 7.41. The minimum atomic E-state index is -3.43. The topological polar surface area (TPSA) is 75.3 Å². The summed E-state index contributed by atoms with van der Waals surface area (Å²) in [5.74, 6) is 0.0964. The first kappa shape index (κ1) is 21.4. The number of carbonyl (C=O) groups excluding carboxylic acids is 1. The summed E-state index contributed by atoms with van der Waals surface area (Å²) >= 11 is 0. The molecule has 146 valence electrons. The second-order valence-corrected chi connectivity index (χ2v) is 8.81. The Morgan fingerprint density at radius 3 is 2.59 bits per heavy atom. The fourth-order valence-corrected chi connectivity index (χ4v) is 4.57. The summed E-state index contributed by atoms with van der Waals surface area (Å²) in [4.78, 5) is 12.9. The molecule has 1 aliphatic heterocycles. The van der Waals surface area contributed by atoms with Crippen LogP contribution in [0.2, 0.25) is 0 Å². The number of hydrogen-bond acceptors (Lipinski definition) is 4. The van der Waals surface area contributed by atoms with Crippen molar-refractivity contribution in [1.29, 1.82) is 0 Å². The minimum Gasteiger partial charge on any atom is -0.349 e. The SMILES string of the molecule is CC1CNCCC1NC(=O)c1cccc(CS(=O)(=O)c2ccccc2)c1.Cl. The Labute approximate surface area is 166 Å². The van der Waals surface area contributed by atoms with Crippen LogP contribution in [-0.2, 0) is 15.6 Å². The van der Waals surface area contributed by atoms with Gasteiger partial charge < -0.3 is 10.6 Å². The zero-order valence-corrected chi connectivity index (χ0v) is 16.9. The predicted octanol–water partition coefficient (Wildman–Crippen LogP) is 2.81. The Morgan fingerprint density at radius 1 is 1.15 bits per heavy atom. The highest BCUT2D eigenvalue weighted by Gasteiger charge is 2.23. The average Bonchev–Trinajstić information content (AvgIpc) is 2.64. The third kappa shape index (κ3) is 5.54. The molecule has 2 N–H and O–H groups in total. The van der Waals surface area contributed by atoms with Gasteiger partial charge in [-0.15, -0.1) is 12.4 Å². The van der Waals surface area contributed by atoms with Crippen LogP contribution in [0.3, 0.4) is 0 Å². The molecule has 5 nitrogen and oxygen atoms in total. The average molecular weight is 409 g/mol. The molecule has 1 heterocycles. The number of benzene rings is 2. The van der Waals surface area contributed by atoms with E-state index in [1.807, 2.05) is 0 Å². The molecule has 0 radical (unpaired) electrons. The van der Waals surface area contributed by atoms with E-state index < -0.39 is 9.84 Å². The molecule has 0 aliphatic carbocycles. The van der Waals surface area contributed by atoms with E-state index in [4.69, 9.17) is 0 Å². The highest BCUT2D eigenvalue weighted by molar-refractivity contribution is 7.90. The van der Waals surface area contributed by atoms with Crippen molar-refractivity contribution in [3.8, 4) is 0 Å². The van der Waals surface area contributed by atoms with Gasteiger partial charge in [0.05, 0.1) is 10.6 Å². The maximum Gasteiger partial charge on any atom is 0.251 e. The molecule has 0 bridgehead atoms. The van der Waals surface area contributed by atoms with Gasteiger partial charge >= 0.3 is 0 Å². The van der Waals surface area contributed by atoms with Crippen molar-refractivity contribution >= 4 is 28.2 Å². The Morgan fingerprint density at radius 2 is 1.89 bits per heavy atom. The monoisotopic (exact) mass is 408 g/mol. The number of rotatable bonds is 5. The summed E-state index contributed by atoms with van der Waals surface area (Å²) in [6.45, 7) is 3.89. The lowest BCUT2D eigenvalue weighted by molar-refractivity contribution is 0.0914. The third-order valence-corrected chi connectivity index (χ3v) is 6.45. The van der Waals surface area contributed by atoms with Crippen LogP contribution in [0.15, 0.2) is 59.5 Å². The minimum absolute atomic E-state index is 0. The van der Waals surface area contributed by atoms with Crippen LogP contribution < -0.4 is 10.6 Å². The maximum atomic E-state index is 12.6. The van der Waals surface area contributed by atoms with Gasteiger partial charge in [0.25, 0.3) is 5.91 Å². The van der Waals surface area contributed by atoms with E-state index in [0.717, 1.165) is 19.5 Å². The lowest BCUT2D eigenvalue weighted by Crippen LogP contribution is -2.48. The molecule has 1 amide bonds. The van der Waals surface area contributed by atoms with E-state index >= 15 is 0 Å². The molecule has 0 spiro atoms. The first-order chi connectivity index (χ1) is 12.5. The van der Waals surface area contributed by atoms with Crippen molar-refractivity contribution in [2.75, 3.05) is 13.1 Å². The normalized spacial score (nSPS) is 19.7. The van der Waals surface area contributed by atoms with E-state index in [0.29, 0.717) is 21.9 Å². The smallest absolute Gasteiger partial charge is 0.251 e. The van der Waals surface area contributed by atoms with E-state index in [2.05, 4.69) is 17.6 Å². The van der Waals surface area contributed by atoms with Crippen molar-refractivity contribution in [2.45, 2.75) is 30.0 Å². The van der Waals surface area contributed by atoms with Gasteiger partial charge in [-0.25, -0.2) is 8.42 Å². The van der Waals surface area contributed by atoms with Crippen molar-refractivity contribution in [1.82, 2.24) is 10.6 Å². The molecular formula is C20H25ClN2O3S. The molecule has 27 heavy (non-hydrogen) atoms. The first-order valence-electron chi connectivity index (χ1n) is 8.84. The standard InChI is InChI=1S/C20H24N2O3S.ClH/c1-15-13-21-11-10-19(15)22-20(23)17-7-5-6-16(12-17)14-26(24,25)18-8-3-2-4-9-18;/h2-9,12,15,19,21H,10-11,13-14H2,1H3,(H,22,23);1H. The molecule has 1 aliphatic rings. The van der Waals surface area contributed by atoms with Crippen LogP contribution in [0.1, 0.15) is 29.3 Å². The number of sulfone groups is 1. The van der Waals surface area contributed by atoms with E-state index in [1.165, 1.54) is 0 Å². The van der Waals surface area contributed by atoms with Crippen molar-refractivity contribution < 1.29 is 13.2 Å². The summed E-state index contributed by atoms with van der Waals surface area (Å²) < 4.78 is 25.1. The Bertz CT molecular complexity index is 872. The van der Waals surface area contributed by atoms with E-state index in [1.54, 1.807) is 54.6 Å². The summed E-state index contributed by atoms with van der Waals surface area (Å²) in [5.41, 5.74) is 1.11. The molecule has 2 atom stereocenters. The number of amides is 1. The highest BCUT2D eigenvalue weighted by atomic mass is 35.5. The second kappa shape index (κ2) is 9.35. The number of nitrogens with one attached hydrogen (secondary N) is 2. The molecule has 3 rings (SSSR count). The first-order valence-corrected chi connectivity index (χ1v) is 10.5. The molecular weight excluding hydrogens is 384 g/mol. The zero-order chi connectivity index (χ0) is 18.6. The number of piperidine rings is 1. The van der Waals surface area contributed by atoms with Crippen LogP contribution in [-0.4, -0.2) is 33.5 Å². The molecule has 1 saturated heterocycles. The molecule has 0 aromatic heterocycles. The van der Waals surface area contributed by atoms with Crippen LogP contribution in [0.5, 0.6) is 0 Å². The van der Waals surface area contributed by atoms with Gasteiger partial charge in [-0.05, 0) is 55.3 Å². The number of halogens is 1. The summed E-state index contributed by atoms with van der Waals surface area (Å²) in [6.07, 6.45) is 0.898. The summed E-state index contributed by atoms with van der Waals surface area (Å²) in [7, 11) is -3.43. The zero-order valence-electron chi connectivity index (χ0n) is 15.2. The van der Waals surface area contributed by atoms with Gasteiger partial charge in [-0.3, -0.25) is 4.79 Å². The maximum absolute atomic E-state index is 12.6. The van der Waals surface area contributed by atoms with Crippen molar-refractivity contribution in [3.63, 3.8) is 0 Å². The quantitative estimate of drug-likeness (QED) is 0.797. The van der Waals surface area contributed by atoms with Crippen molar-refractivity contribution in [3.05, 3.63) is 65.7 Å². The largest absolute Gasteiger partial charge is 0.349 e. The van der Waals surface area contributed by atoms with Crippen LogP contribution >= 0.6 is 12.4 Å². The van der Waals surface area contributed by atoms with Gasteiger partial charge in [0.1, 0.15) is 0 Å². The van der Waals surface area contributed by atoms with Gasteiger partial charge in [-0.2, -0.15) is 0 Å². The second-order valence-electron chi connectivity index (χ2n) is 6.82. The number of hydrogen-bond donors (Lipinski definition) is 2. The van der Waals surface area contributed by atoms with E-state index in [9.17, 15) is 13.2 Å². The van der Waals surface area contributed by atoms with Crippen molar-refractivity contribution in [2.24, 2.45) is 5.92 Å². The third-order valence-electron chi connectivity index (χ3n) is 4.75. The fraction of sp³-hybridized carbons (Fsp3) is 0.350. The predicted molar refractivity (Wildman–Crippen MR) is 109 cm³/mol. The lowest BCUT2D eigenvalue weighted by Gasteiger charge is -2.30. The van der Waals surface area contributed by atoms with Gasteiger partial charge in [0.15, 0.2) is 9.84 Å². The number of carbonyl (C=O) groups is 1. The summed E-state index contributed by atoms with van der Waals surface area (Å²) in [5, 5.41) is 6.39. The molecule has 7 heteroatoms. The lowest BCUT2D eigenvalue weighted by atomic mass is 9.95. The summed E-state index contributed by atoms with van der Waals surface area (Å²) in [6, 6.07) is 15.4. The fourth-order valence-electron chi connectivity index (χ4n) is 3.21. The molecule has 2 unspecified atom stereocenters. The van der Waals surface area contributed by atoms with E-state index in [-0.39, 0.29) is 30.1 Å².